The lowest BCUT2D eigenvalue weighted by Crippen LogP contribution is -2.46. The molecule has 5 N–H and O–H groups in total. The van der Waals surface area contributed by atoms with Crippen LogP contribution in [0.1, 0.15) is 23.3 Å². The third kappa shape index (κ3) is 4.70. The molecule has 148 valence electrons. The van der Waals surface area contributed by atoms with Crippen LogP contribution in [0.3, 0.4) is 0 Å². The smallest absolute Gasteiger partial charge is 0.360 e. The van der Waals surface area contributed by atoms with E-state index in [1.165, 1.54) is 4.90 Å². The van der Waals surface area contributed by atoms with Gasteiger partial charge < -0.3 is 21.1 Å². The van der Waals surface area contributed by atoms with Gasteiger partial charge >= 0.3 is 18.0 Å². The Morgan fingerprint density at radius 2 is 1.96 bits per heavy atom. The number of likely N-dealkylation sites (tertiary alicyclic amines) is 1. The van der Waals surface area contributed by atoms with Gasteiger partial charge in [-0.1, -0.05) is 35.1 Å². The van der Waals surface area contributed by atoms with E-state index >= 15 is 0 Å². The van der Waals surface area contributed by atoms with Crippen molar-refractivity contribution in [2.75, 3.05) is 18.4 Å². The second-order valence-corrected chi connectivity index (χ2v) is 7.58. The van der Waals surface area contributed by atoms with Crippen LogP contribution in [0.4, 0.5) is 14.6 Å². The predicted molar refractivity (Wildman–Crippen MR) is 105 cm³/mol. The quantitative estimate of drug-likeness (QED) is 0.648. The van der Waals surface area contributed by atoms with E-state index in [-0.39, 0.29) is 17.2 Å². The summed E-state index contributed by atoms with van der Waals surface area (Å²) in [5.41, 5.74) is 11.2. The van der Waals surface area contributed by atoms with Gasteiger partial charge in [0.05, 0.1) is 6.54 Å². The fourth-order valence-electron chi connectivity index (χ4n) is 2.81. The fourth-order valence-corrected chi connectivity index (χ4v) is 3.90. The van der Waals surface area contributed by atoms with E-state index in [0.717, 1.165) is 16.9 Å². The number of nitrogens with zero attached hydrogens (tertiary/aromatic N) is 2. The highest BCUT2D eigenvalue weighted by Crippen LogP contribution is 2.33. The number of nitrogens with one attached hydrogen (secondary N) is 1. The van der Waals surface area contributed by atoms with Crippen LogP contribution in [-0.4, -0.2) is 47.1 Å². The Kier molecular flexibility index (Phi) is 6.00. The third-order valence-electron chi connectivity index (χ3n) is 4.11. The number of rotatable bonds is 4. The number of nitrogens with two attached hydrogens (primary N) is 2. The molecule has 2 heterocycles. The molecule has 1 aliphatic heterocycles. The number of thiazole rings is 1. The normalized spacial score (nSPS) is 16.5. The van der Waals surface area contributed by atoms with Gasteiger partial charge in [0.25, 0.3) is 0 Å². The number of primary amides is 2. The lowest BCUT2D eigenvalue weighted by atomic mass is 10.1. The molecular weight excluding hydrogens is 406 g/mol. The van der Waals surface area contributed by atoms with Crippen LogP contribution in [-0.2, 0) is 4.74 Å². The average Bonchev–Trinajstić information content (AvgIpc) is 3.05. The zero-order chi connectivity index (χ0) is 20.3. The maximum absolute atomic E-state index is 12.7. The topological polar surface area (TPSA) is 141 Å². The van der Waals surface area contributed by atoms with Gasteiger partial charge in [-0.15, -0.1) is 0 Å². The van der Waals surface area contributed by atoms with E-state index < -0.39 is 24.1 Å². The Morgan fingerprint density at radius 3 is 2.61 bits per heavy atom. The molecule has 9 nitrogen and oxygen atoms in total. The summed E-state index contributed by atoms with van der Waals surface area (Å²) in [4.78, 5) is 41.0. The molecule has 11 heteroatoms. The number of halogens is 1. The van der Waals surface area contributed by atoms with Gasteiger partial charge in [-0.25, -0.2) is 19.4 Å². The molecule has 4 amide bonds. The van der Waals surface area contributed by atoms with Gasteiger partial charge in [-0.05, 0) is 25.0 Å². The van der Waals surface area contributed by atoms with Crippen LogP contribution in [0, 0.1) is 0 Å². The molecule has 0 saturated carbocycles. The first-order valence-electron chi connectivity index (χ1n) is 8.42. The van der Waals surface area contributed by atoms with Crippen LogP contribution in [0.15, 0.2) is 24.3 Å². The fraction of sp³-hybridized carbons (Fsp3) is 0.294. The second kappa shape index (κ2) is 8.44. The van der Waals surface area contributed by atoms with Crippen molar-refractivity contribution >= 4 is 46.0 Å². The Morgan fingerprint density at radius 1 is 1.25 bits per heavy atom. The summed E-state index contributed by atoms with van der Waals surface area (Å²) in [6, 6.07) is 5.50. The summed E-state index contributed by atoms with van der Waals surface area (Å²) >= 11 is 6.99. The van der Waals surface area contributed by atoms with Crippen LogP contribution in [0.25, 0.3) is 10.6 Å². The van der Waals surface area contributed by atoms with Gasteiger partial charge in [0.15, 0.2) is 5.69 Å². The number of anilines is 1. The van der Waals surface area contributed by atoms with Crippen molar-refractivity contribution in [1.29, 1.82) is 0 Å². The highest BCUT2D eigenvalue weighted by molar-refractivity contribution is 7.19. The summed E-state index contributed by atoms with van der Waals surface area (Å²) in [5, 5.41) is 3.65. The first-order valence-corrected chi connectivity index (χ1v) is 9.61. The Labute approximate surface area is 169 Å². The number of piperidine rings is 1. The second-order valence-electron chi connectivity index (χ2n) is 6.15. The highest BCUT2D eigenvalue weighted by atomic mass is 35.5. The van der Waals surface area contributed by atoms with Crippen LogP contribution < -0.4 is 16.8 Å². The first kappa shape index (κ1) is 19.9. The minimum absolute atomic E-state index is 0.0510. The third-order valence-corrected chi connectivity index (χ3v) is 5.38. The molecule has 2 aromatic rings. The molecular formula is C17H18ClN5O4S. The minimum atomic E-state index is -0.821. The molecule has 0 radical (unpaired) electrons. The van der Waals surface area contributed by atoms with E-state index in [2.05, 4.69) is 10.3 Å². The Hall–Kier alpha value is -2.85. The number of aromatic nitrogens is 1. The standard InChI is InChI=1S/C17H18ClN5O4S/c18-10-5-3-9(4-6-10)13-21-12(14(28-13)22-16(19)25)15(24)27-11-2-1-7-23(8-11)17(20)26/h3-6,11H,1-2,7-8H2,(H2,20,26)(H3,19,22,25). The van der Waals surface area contributed by atoms with E-state index in [9.17, 15) is 14.4 Å². The highest BCUT2D eigenvalue weighted by Gasteiger charge is 2.28. The first-order chi connectivity index (χ1) is 13.3. The molecule has 3 rings (SSSR count). The van der Waals surface area contributed by atoms with Crippen LogP contribution in [0.5, 0.6) is 0 Å². The summed E-state index contributed by atoms with van der Waals surface area (Å²) < 4.78 is 5.49. The zero-order valence-electron chi connectivity index (χ0n) is 14.7. The number of benzene rings is 1. The zero-order valence-corrected chi connectivity index (χ0v) is 16.3. The summed E-state index contributed by atoms with van der Waals surface area (Å²) in [7, 11) is 0. The number of amides is 4. The van der Waals surface area contributed by atoms with E-state index in [0.29, 0.717) is 29.4 Å². The number of esters is 1. The number of carbonyl (C=O) groups excluding carboxylic acids is 3. The molecule has 1 fully saturated rings. The van der Waals surface area contributed by atoms with Gasteiger partial charge in [0.1, 0.15) is 16.1 Å². The van der Waals surface area contributed by atoms with Crippen molar-refractivity contribution in [3.8, 4) is 10.6 Å². The summed E-state index contributed by atoms with van der Waals surface area (Å²) in [6.45, 7) is 0.739. The predicted octanol–water partition coefficient (Wildman–Crippen LogP) is 2.65. The molecule has 1 saturated heterocycles. The van der Waals surface area contributed by atoms with Crippen LogP contribution in [0.2, 0.25) is 5.02 Å². The van der Waals surface area contributed by atoms with E-state index in [4.69, 9.17) is 27.8 Å². The summed E-state index contributed by atoms with van der Waals surface area (Å²) in [5.74, 6) is -0.712. The maximum atomic E-state index is 12.7. The monoisotopic (exact) mass is 423 g/mol. The van der Waals surface area contributed by atoms with Crippen molar-refractivity contribution in [2.45, 2.75) is 18.9 Å². The molecule has 1 aromatic carbocycles. The van der Waals surface area contributed by atoms with Crippen LogP contribution >= 0.6 is 22.9 Å². The molecule has 1 aliphatic rings. The van der Waals surface area contributed by atoms with Gasteiger partial charge in [0, 0.05) is 17.1 Å². The lowest BCUT2D eigenvalue weighted by Gasteiger charge is -2.30. The molecule has 0 spiro atoms. The van der Waals surface area contributed by atoms with Crippen molar-refractivity contribution in [2.24, 2.45) is 11.5 Å². The maximum Gasteiger partial charge on any atom is 0.360 e. The largest absolute Gasteiger partial charge is 0.456 e. The SMILES string of the molecule is NC(=O)Nc1sc(-c2ccc(Cl)cc2)nc1C(=O)OC1CCCN(C(N)=O)C1. The van der Waals surface area contributed by atoms with Gasteiger partial charge in [-0.2, -0.15) is 0 Å². The lowest BCUT2D eigenvalue weighted by molar-refractivity contribution is 0.0124. The van der Waals surface area contributed by atoms with Crippen molar-refractivity contribution in [3.63, 3.8) is 0 Å². The minimum Gasteiger partial charge on any atom is -0.456 e. The molecule has 0 aliphatic carbocycles. The molecule has 1 unspecified atom stereocenters. The Balaban J connectivity index is 1.82. The number of hydrogen-bond acceptors (Lipinski definition) is 6. The summed E-state index contributed by atoms with van der Waals surface area (Å²) in [6.07, 6.45) is 0.763. The number of hydrogen-bond donors (Lipinski definition) is 3. The van der Waals surface area contributed by atoms with Crippen molar-refractivity contribution in [1.82, 2.24) is 9.88 Å². The number of urea groups is 2. The number of carbonyl (C=O) groups is 3. The molecule has 1 atom stereocenters. The number of ether oxygens (including phenoxy) is 1. The van der Waals surface area contributed by atoms with E-state index in [1.807, 2.05) is 0 Å². The van der Waals surface area contributed by atoms with E-state index in [1.54, 1.807) is 24.3 Å². The molecule has 28 heavy (non-hydrogen) atoms. The van der Waals surface area contributed by atoms with Crippen molar-refractivity contribution < 1.29 is 19.1 Å². The van der Waals surface area contributed by atoms with Gasteiger partial charge in [-0.3, -0.25) is 5.32 Å². The van der Waals surface area contributed by atoms with Crippen molar-refractivity contribution in [3.05, 3.63) is 35.0 Å². The molecule has 1 aromatic heterocycles. The molecule has 0 bridgehead atoms. The van der Waals surface area contributed by atoms with Gasteiger partial charge in [0.2, 0.25) is 0 Å². The average molecular weight is 424 g/mol. The Bertz CT molecular complexity index is 901.